The molecule has 0 bridgehead atoms. The lowest BCUT2D eigenvalue weighted by Gasteiger charge is -2.32. The van der Waals surface area contributed by atoms with E-state index in [0.717, 1.165) is 50.6 Å². The van der Waals surface area contributed by atoms with Crippen LogP contribution < -0.4 is 29.2 Å². The second-order valence-corrected chi connectivity index (χ2v) is 11.4. The minimum atomic E-state index is -0.628. The van der Waals surface area contributed by atoms with Crippen LogP contribution in [0.3, 0.4) is 0 Å². The zero-order valence-corrected chi connectivity index (χ0v) is 26.8. The van der Waals surface area contributed by atoms with Gasteiger partial charge >= 0.3 is 6.03 Å². The molecule has 1 N–H and O–H groups in total. The molecule has 0 radical (unpaired) electrons. The second kappa shape index (κ2) is 14.6. The topological polar surface area (TPSA) is 91.9 Å². The summed E-state index contributed by atoms with van der Waals surface area (Å²) in [7, 11) is 5.34. The Balaban J connectivity index is 1.07. The highest BCUT2D eigenvalue weighted by Gasteiger charge is 2.21. The number of rotatable bonds is 11. The Kier molecular flexibility index (Phi) is 9.89. The fourth-order valence-electron chi connectivity index (χ4n) is 5.50. The van der Waals surface area contributed by atoms with Crippen LogP contribution in [0.15, 0.2) is 79.3 Å². The van der Waals surface area contributed by atoms with Crippen molar-refractivity contribution in [3.63, 3.8) is 0 Å². The smallest absolute Gasteiger partial charge is 0.327 e. The van der Waals surface area contributed by atoms with E-state index in [2.05, 4.69) is 27.1 Å². The Hall–Kier alpha value is -5.07. The Bertz CT molecular complexity index is 1730. The minimum Gasteiger partial charge on any atom is -0.497 e. The number of aromatic nitrogens is 1. The number of piperazine rings is 1. The number of nitrogens with one attached hydrogen (secondary N) is 1. The lowest BCUT2D eigenvalue weighted by atomic mass is 10.1. The van der Waals surface area contributed by atoms with Crippen molar-refractivity contribution in [3.05, 3.63) is 85.1 Å². The molecule has 12 heteroatoms. The van der Waals surface area contributed by atoms with Crippen LogP contribution in [-0.2, 0) is 0 Å². The summed E-state index contributed by atoms with van der Waals surface area (Å²) in [5, 5.41) is 3.39. The Labute approximate surface area is 273 Å². The first-order chi connectivity index (χ1) is 22.9. The maximum absolute atomic E-state index is 15.3. The fourth-order valence-corrected chi connectivity index (χ4v) is 5.50. The molecule has 3 aromatic carbocycles. The maximum Gasteiger partial charge on any atom is 0.327 e. The van der Waals surface area contributed by atoms with Crippen LogP contribution in [0, 0.1) is 5.82 Å². The van der Waals surface area contributed by atoms with Gasteiger partial charge in [0.1, 0.15) is 18.2 Å². The molecule has 47 heavy (non-hydrogen) atoms. The van der Waals surface area contributed by atoms with Crippen molar-refractivity contribution in [1.82, 2.24) is 19.7 Å². The molecule has 1 fully saturated rings. The van der Waals surface area contributed by atoms with Crippen molar-refractivity contribution in [1.29, 1.82) is 0 Å². The van der Waals surface area contributed by atoms with Crippen LogP contribution >= 0.6 is 0 Å². The summed E-state index contributed by atoms with van der Waals surface area (Å²) < 4.78 is 38.2. The first kappa shape index (κ1) is 31.9. The van der Waals surface area contributed by atoms with E-state index in [0.29, 0.717) is 47.1 Å². The van der Waals surface area contributed by atoms with E-state index in [1.54, 1.807) is 51.0 Å². The van der Waals surface area contributed by atoms with E-state index >= 15 is 4.39 Å². The third-order valence-corrected chi connectivity index (χ3v) is 8.26. The van der Waals surface area contributed by atoms with Gasteiger partial charge in [-0.05, 0) is 62.0 Å². The summed E-state index contributed by atoms with van der Waals surface area (Å²) in [6, 6.07) is 16.7. The summed E-state index contributed by atoms with van der Waals surface area (Å²) in [5.41, 5.74) is 1.84. The van der Waals surface area contributed by atoms with Crippen molar-refractivity contribution in [2.75, 3.05) is 77.5 Å². The monoisotopic (exact) mass is 642 g/mol. The number of carbonyl (C=O) groups is 1. The molecule has 0 spiro atoms. The Morgan fingerprint density at radius 2 is 1.70 bits per heavy atom. The maximum atomic E-state index is 15.3. The van der Waals surface area contributed by atoms with Gasteiger partial charge in [-0.25, -0.2) is 9.18 Å². The number of anilines is 2. The standard InChI is InChI=1S/C35H39FN6O5/c1-39-14-16-40(17-15-39)13-4-20-46-34-23-30-28(22-33(34)45-3)31(11-12-37-30)47-32-10-5-25(21-29(32)36)38-35(43)42-19-18-41(24-42)26-6-8-27(44-2)9-7-26/h5-12,18-19,21-23H,4,13-17,20,24H2,1-3H3,(H,38,43). The van der Waals surface area contributed by atoms with Crippen LogP contribution in [0.4, 0.5) is 20.6 Å². The van der Waals surface area contributed by atoms with Crippen LogP contribution in [0.25, 0.3) is 10.9 Å². The third kappa shape index (κ3) is 7.67. The molecule has 1 saturated heterocycles. The highest BCUT2D eigenvalue weighted by atomic mass is 19.1. The molecule has 0 saturated carbocycles. The Morgan fingerprint density at radius 1 is 0.894 bits per heavy atom. The number of likely N-dealkylation sites (N-methyl/N-ethyl adjacent to an activating group) is 1. The number of halogens is 1. The van der Waals surface area contributed by atoms with Crippen LogP contribution in [-0.4, -0.2) is 93.0 Å². The van der Waals surface area contributed by atoms with Gasteiger partial charge < -0.3 is 39.0 Å². The van der Waals surface area contributed by atoms with Gasteiger partial charge in [-0.3, -0.25) is 9.88 Å². The molecule has 0 atom stereocenters. The number of benzene rings is 3. The summed E-state index contributed by atoms with van der Waals surface area (Å²) in [4.78, 5) is 25.6. The van der Waals surface area contributed by atoms with Crippen molar-refractivity contribution in [2.24, 2.45) is 0 Å². The Morgan fingerprint density at radius 3 is 2.45 bits per heavy atom. The van der Waals surface area contributed by atoms with E-state index in [4.69, 9.17) is 18.9 Å². The molecule has 1 aromatic heterocycles. The van der Waals surface area contributed by atoms with Gasteiger partial charge in [-0.2, -0.15) is 0 Å². The van der Waals surface area contributed by atoms with E-state index < -0.39 is 11.8 Å². The number of nitrogens with zero attached hydrogens (tertiary/aromatic N) is 5. The minimum absolute atomic E-state index is 0.00504. The number of amides is 2. The predicted octanol–water partition coefficient (Wildman–Crippen LogP) is 5.98. The van der Waals surface area contributed by atoms with Crippen molar-refractivity contribution in [2.45, 2.75) is 6.42 Å². The first-order valence-corrected chi connectivity index (χ1v) is 15.5. The van der Waals surface area contributed by atoms with Crippen molar-refractivity contribution < 1.29 is 28.1 Å². The quantitative estimate of drug-likeness (QED) is 0.198. The first-order valence-electron chi connectivity index (χ1n) is 15.5. The molecule has 3 heterocycles. The fraction of sp³-hybridized carbons (Fsp3) is 0.314. The highest BCUT2D eigenvalue weighted by molar-refractivity contribution is 5.91. The molecule has 0 unspecified atom stereocenters. The molecule has 2 aliphatic rings. The predicted molar refractivity (Wildman–Crippen MR) is 179 cm³/mol. The average Bonchev–Trinajstić information content (AvgIpc) is 3.59. The molecule has 2 amide bonds. The zero-order valence-electron chi connectivity index (χ0n) is 26.8. The number of carbonyl (C=O) groups excluding carboxylic acids is 1. The molecule has 2 aliphatic heterocycles. The number of fused-ring (bicyclic) bond motifs is 1. The largest absolute Gasteiger partial charge is 0.497 e. The molecule has 6 rings (SSSR count). The number of methoxy groups -OCH3 is 2. The van der Waals surface area contributed by atoms with Crippen LogP contribution in [0.5, 0.6) is 28.7 Å². The average molecular weight is 643 g/mol. The third-order valence-electron chi connectivity index (χ3n) is 8.26. The lowest BCUT2D eigenvalue weighted by Crippen LogP contribution is -2.44. The van der Waals surface area contributed by atoms with Gasteiger partial charge in [0.15, 0.2) is 23.1 Å². The normalized spacial score (nSPS) is 15.2. The highest BCUT2D eigenvalue weighted by Crippen LogP contribution is 2.38. The van der Waals surface area contributed by atoms with Crippen molar-refractivity contribution in [3.8, 4) is 28.7 Å². The van der Waals surface area contributed by atoms with E-state index in [-0.39, 0.29) is 5.75 Å². The molecule has 11 nitrogen and oxygen atoms in total. The molecule has 0 aliphatic carbocycles. The van der Waals surface area contributed by atoms with Gasteiger partial charge in [0.25, 0.3) is 0 Å². The number of ether oxygens (including phenoxy) is 4. The van der Waals surface area contributed by atoms with Crippen LogP contribution in [0.1, 0.15) is 6.42 Å². The number of pyridine rings is 1. The van der Waals surface area contributed by atoms with Gasteiger partial charge in [0, 0.05) is 80.2 Å². The summed E-state index contributed by atoms with van der Waals surface area (Å²) in [6.45, 7) is 6.15. The van der Waals surface area contributed by atoms with Gasteiger partial charge in [0.05, 0.1) is 26.3 Å². The number of hydrogen-bond donors (Lipinski definition) is 1. The lowest BCUT2D eigenvalue weighted by molar-refractivity contribution is 0.145. The van der Waals surface area contributed by atoms with Gasteiger partial charge in [-0.15, -0.1) is 0 Å². The van der Waals surface area contributed by atoms with Crippen molar-refractivity contribution >= 4 is 28.3 Å². The second-order valence-electron chi connectivity index (χ2n) is 11.4. The summed E-state index contributed by atoms with van der Waals surface area (Å²) in [5.74, 6) is 1.66. The SMILES string of the molecule is COc1ccc(N2C=CN(C(=O)Nc3ccc(Oc4ccnc5cc(OCCCN6CCN(C)CC6)c(OC)cc45)c(F)c3)C2)cc1. The van der Waals surface area contributed by atoms with Gasteiger partial charge in [-0.1, -0.05) is 0 Å². The zero-order chi connectivity index (χ0) is 32.8. The summed E-state index contributed by atoms with van der Waals surface area (Å²) in [6.07, 6.45) is 5.97. The van der Waals surface area contributed by atoms with E-state index in [1.807, 2.05) is 35.2 Å². The number of urea groups is 1. The van der Waals surface area contributed by atoms with E-state index in [9.17, 15) is 4.79 Å². The molecule has 4 aromatic rings. The summed E-state index contributed by atoms with van der Waals surface area (Å²) >= 11 is 0. The number of hydrogen-bond acceptors (Lipinski definition) is 9. The molecular weight excluding hydrogens is 603 g/mol. The van der Waals surface area contributed by atoms with E-state index in [1.165, 1.54) is 17.0 Å². The van der Waals surface area contributed by atoms with Gasteiger partial charge in [0.2, 0.25) is 0 Å². The molecular formula is C35H39FN6O5. The van der Waals surface area contributed by atoms with Crippen LogP contribution in [0.2, 0.25) is 0 Å². The molecule has 246 valence electrons.